The summed E-state index contributed by atoms with van der Waals surface area (Å²) < 4.78 is 10.6. The standard InChI is InChI=1S/C33H32NO.C21H28NSi.Ir/c1-22-14-15-27-30(18-22)35-33-31(23(2)19-28(32(27)33)26-12-8-5-9-13-26)29-21-25(16-17-34(29)3)20-24-10-6-4-7-11-24;1-16-10-11-18(17-8-6-7-9-17)14-20(16)21-13-12-19(15-22(21)2)23(3,4)5;/h5,8-9,12-19,21,24H,2-4,6-7,10-11,20H2,1H3;10-15,17H,1-2,6-9H2,3-5H3;/q2*-1;. The summed E-state index contributed by atoms with van der Waals surface area (Å²) in [5.41, 5.74) is 14.7. The van der Waals surface area contributed by atoms with Gasteiger partial charge >= 0.3 is 0 Å². The van der Waals surface area contributed by atoms with Crippen LogP contribution >= 0.6 is 0 Å². The Morgan fingerprint density at radius 3 is 2.14 bits per heavy atom. The first-order valence-electron chi connectivity index (χ1n) is 21.5. The zero-order valence-electron chi connectivity index (χ0n) is 35.6. The van der Waals surface area contributed by atoms with Gasteiger partial charge in [-0.15, -0.1) is 17.7 Å². The second-order valence-corrected chi connectivity index (χ2v) is 23.2. The van der Waals surface area contributed by atoms with Crippen LogP contribution in [0.25, 0.3) is 55.6 Å². The number of hydrogen-bond donors (Lipinski definition) is 0. The zero-order chi connectivity index (χ0) is 40.6. The van der Waals surface area contributed by atoms with Gasteiger partial charge in [0, 0.05) is 45.0 Å². The quantitative estimate of drug-likeness (QED) is 0.0886. The van der Waals surface area contributed by atoms with E-state index in [0.717, 1.165) is 73.8 Å². The third-order valence-electron chi connectivity index (χ3n) is 12.8. The summed E-state index contributed by atoms with van der Waals surface area (Å²) in [5.74, 6) is 1.51. The van der Waals surface area contributed by atoms with E-state index in [2.05, 4.69) is 164 Å². The Morgan fingerprint density at radius 1 is 0.695 bits per heavy atom. The topological polar surface area (TPSA) is 20.9 Å². The SMILES string of the molecule is [CH2-]c1cc(-c2ccccc2)c2c(oc3cc(C)ccc32)c1-c1cc(CC2CCCCC2)cc[n+]1[CH2-].[CH2-]c1ccc(C2CCCC2)cc1-c1ccc([Si](C)(C)C)c[n+]1[CH2-].[Ir]. The van der Waals surface area contributed by atoms with Gasteiger partial charge in [-0.1, -0.05) is 159 Å². The molecule has 2 fully saturated rings. The molecule has 0 N–H and O–H groups in total. The molecule has 1 radical (unpaired) electrons. The Hall–Kier alpha value is -4.67. The summed E-state index contributed by atoms with van der Waals surface area (Å²) in [6.07, 6.45) is 17.6. The number of nitrogens with zero attached hydrogens (tertiary/aromatic N) is 2. The van der Waals surface area contributed by atoms with Crippen molar-refractivity contribution in [1.82, 2.24) is 0 Å². The van der Waals surface area contributed by atoms with E-state index >= 15 is 0 Å². The van der Waals surface area contributed by atoms with Crippen LogP contribution in [-0.4, -0.2) is 8.07 Å². The summed E-state index contributed by atoms with van der Waals surface area (Å²) in [6, 6.07) is 35.1. The number of aromatic nitrogens is 2. The normalized spacial score (nSPS) is 14.9. The van der Waals surface area contributed by atoms with Gasteiger partial charge < -0.3 is 13.6 Å². The molecule has 307 valence electrons. The van der Waals surface area contributed by atoms with Crippen molar-refractivity contribution >= 4 is 35.2 Å². The van der Waals surface area contributed by atoms with Gasteiger partial charge in [0.25, 0.3) is 0 Å². The molecule has 0 saturated heterocycles. The fraction of sp³-hybridized carbons (Fsp3) is 0.296. The Labute approximate surface area is 368 Å². The maximum absolute atomic E-state index is 6.63. The molecule has 0 unspecified atom stereocenters. The average molecular weight is 973 g/mol. The molecule has 5 heteroatoms. The van der Waals surface area contributed by atoms with E-state index in [1.165, 1.54) is 90.8 Å². The first-order chi connectivity index (χ1) is 27.9. The van der Waals surface area contributed by atoms with Crippen molar-refractivity contribution in [3.8, 4) is 33.6 Å². The number of rotatable bonds is 7. The molecule has 0 spiro atoms. The van der Waals surface area contributed by atoms with Crippen LogP contribution in [0.5, 0.6) is 0 Å². The average Bonchev–Trinajstić information content (AvgIpc) is 3.88. The van der Waals surface area contributed by atoms with Gasteiger partial charge in [-0.2, -0.15) is 37.1 Å². The minimum atomic E-state index is -1.31. The summed E-state index contributed by atoms with van der Waals surface area (Å²) in [6.45, 7) is 18.0. The van der Waals surface area contributed by atoms with Gasteiger partial charge in [0.05, 0.1) is 37.4 Å². The van der Waals surface area contributed by atoms with Crippen molar-refractivity contribution in [2.24, 2.45) is 5.92 Å². The monoisotopic (exact) mass is 973 g/mol. The Morgan fingerprint density at radius 2 is 1.42 bits per heavy atom. The van der Waals surface area contributed by atoms with E-state index in [0.29, 0.717) is 0 Å². The number of hydrogen-bond acceptors (Lipinski definition) is 1. The van der Waals surface area contributed by atoms with Crippen molar-refractivity contribution in [2.75, 3.05) is 0 Å². The fourth-order valence-corrected chi connectivity index (χ4v) is 10.6. The van der Waals surface area contributed by atoms with Gasteiger partial charge in [0.15, 0.2) is 0 Å². The van der Waals surface area contributed by atoms with E-state index in [9.17, 15) is 0 Å². The van der Waals surface area contributed by atoms with E-state index in [4.69, 9.17) is 4.42 Å². The molecule has 3 nitrogen and oxygen atoms in total. The van der Waals surface area contributed by atoms with Crippen LogP contribution in [0.4, 0.5) is 0 Å². The number of fused-ring (bicyclic) bond motifs is 3. The Balaban J connectivity index is 0.000000192. The molecular formula is C54H60IrN2OSi-2. The number of aryl methyl sites for hydroxylation is 1. The summed E-state index contributed by atoms with van der Waals surface area (Å²) in [4.78, 5) is 0. The third-order valence-corrected chi connectivity index (χ3v) is 14.8. The molecule has 0 amide bonds. The molecule has 4 aromatic carbocycles. The van der Waals surface area contributed by atoms with Crippen LogP contribution < -0.4 is 14.3 Å². The largest absolute Gasteiger partial charge is 0.469 e. The molecule has 0 atom stereocenters. The van der Waals surface area contributed by atoms with Crippen molar-refractivity contribution in [3.05, 3.63) is 165 Å². The molecule has 0 bridgehead atoms. The second-order valence-electron chi connectivity index (χ2n) is 18.1. The van der Waals surface area contributed by atoms with Crippen LogP contribution in [0.2, 0.25) is 19.6 Å². The smallest absolute Gasteiger partial charge is 0.133 e. The molecule has 59 heavy (non-hydrogen) atoms. The van der Waals surface area contributed by atoms with Crippen molar-refractivity contribution < 1.29 is 33.7 Å². The van der Waals surface area contributed by atoms with Crippen molar-refractivity contribution in [3.63, 3.8) is 0 Å². The summed E-state index contributed by atoms with van der Waals surface area (Å²) in [7, 11) is 7.27. The van der Waals surface area contributed by atoms with Crippen LogP contribution in [0.15, 0.2) is 114 Å². The first kappa shape index (κ1) is 42.5. The molecular weight excluding hydrogens is 913 g/mol. The minimum absolute atomic E-state index is 0. The van der Waals surface area contributed by atoms with Crippen LogP contribution in [0, 0.1) is 40.8 Å². The second kappa shape index (κ2) is 17.9. The third kappa shape index (κ3) is 9.09. The van der Waals surface area contributed by atoms with E-state index in [-0.39, 0.29) is 20.1 Å². The molecule has 2 aliphatic rings. The van der Waals surface area contributed by atoms with Gasteiger partial charge in [-0.05, 0) is 55.2 Å². The van der Waals surface area contributed by atoms with E-state index in [1.807, 2.05) is 9.13 Å². The van der Waals surface area contributed by atoms with Gasteiger partial charge in [-0.25, -0.2) is 0 Å². The molecule has 0 aliphatic heterocycles. The van der Waals surface area contributed by atoms with Crippen LogP contribution in [-0.2, 0) is 26.5 Å². The predicted octanol–water partition coefficient (Wildman–Crippen LogP) is 13.1. The molecule has 7 aromatic rings. The maximum atomic E-state index is 6.63. The molecule has 9 rings (SSSR count). The minimum Gasteiger partial charge on any atom is -0.469 e. The van der Waals surface area contributed by atoms with E-state index in [1.54, 1.807) is 0 Å². The van der Waals surface area contributed by atoms with Crippen LogP contribution in [0.3, 0.4) is 0 Å². The maximum Gasteiger partial charge on any atom is 0.133 e. The summed E-state index contributed by atoms with van der Waals surface area (Å²) >= 11 is 0. The molecule has 2 aliphatic carbocycles. The number of pyridine rings is 2. The number of benzene rings is 4. The number of furan rings is 1. The Kier molecular flexibility index (Phi) is 12.9. The fourth-order valence-electron chi connectivity index (χ4n) is 9.46. The van der Waals surface area contributed by atoms with Crippen LogP contribution in [0.1, 0.15) is 91.5 Å². The van der Waals surface area contributed by atoms with Crippen molar-refractivity contribution in [1.29, 1.82) is 0 Å². The van der Waals surface area contributed by atoms with Gasteiger partial charge in [0.1, 0.15) is 5.58 Å². The zero-order valence-corrected chi connectivity index (χ0v) is 39.0. The Bertz CT molecular complexity index is 2570. The predicted molar refractivity (Wildman–Crippen MR) is 246 cm³/mol. The van der Waals surface area contributed by atoms with Gasteiger partial charge in [-0.3, -0.25) is 0 Å². The molecule has 3 aromatic heterocycles. The first-order valence-corrected chi connectivity index (χ1v) is 25.0. The van der Waals surface area contributed by atoms with Crippen molar-refractivity contribution in [2.45, 2.75) is 96.7 Å². The van der Waals surface area contributed by atoms with Gasteiger partial charge in [0.2, 0.25) is 0 Å². The van der Waals surface area contributed by atoms with E-state index < -0.39 is 8.07 Å². The molecule has 3 heterocycles. The molecule has 2 saturated carbocycles. The summed E-state index contributed by atoms with van der Waals surface area (Å²) in [5, 5.41) is 3.72.